The van der Waals surface area contributed by atoms with Crippen LogP contribution < -0.4 is 5.32 Å². The Morgan fingerprint density at radius 1 is 0.778 bits per heavy atom. The fourth-order valence-corrected chi connectivity index (χ4v) is 3.94. The van der Waals surface area contributed by atoms with E-state index in [9.17, 15) is 0 Å². The van der Waals surface area contributed by atoms with E-state index in [1.54, 1.807) is 0 Å². The van der Waals surface area contributed by atoms with Gasteiger partial charge in [-0.1, -0.05) is 6.42 Å². The van der Waals surface area contributed by atoms with Crippen LogP contribution in [0, 0.1) is 0 Å². The summed E-state index contributed by atoms with van der Waals surface area (Å²) < 4.78 is 0. The smallest absolute Gasteiger partial charge is 0.0252 e. The zero-order valence-electron chi connectivity index (χ0n) is 11.8. The normalized spacial score (nSPS) is 37.2. The second-order valence-electron chi connectivity index (χ2n) is 6.19. The van der Waals surface area contributed by atoms with Gasteiger partial charge >= 0.3 is 0 Å². The molecule has 3 aliphatic rings. The van der Waals surface area contributed by atoms with Gasteiger partial charge in [-0.15, -0.1) is 0 Å². The van der Waals surface area contributed by atoms with Crippen LogP contribution >= 0.6 is 0 Å². The molecule has 1 aliphatic carbocycles. The third-order valence-electron chi connectivity index (χ3n) is 5.07. The van der Waals surface area contributed by atoms with E-state index >= 15 is 0 Å². The Labute approximate surface area is 111 Å². The van der Waals surface area contributed by atoms with Crippen LogP contribution in [0.5, 0.6) is 0 Å². The number of hydrogen-bond acceptors (Lipinski definition) is 4. The summed E-state index contributed by atoms with van der Waals surface area (Å²) in [7, 11) is 2.25. The van der Waals surface area contributed by atoms with E-state index in [2.05, 4.69) is 27.1 Å². The molecule has 4 heteroatoms. The molecule has 1 N–H and O–H groups in total. The molecule has 2 heterocycles. The Bertz CT molecular complexity index is 257. The van der Waals surface area contributed by atoms with Gasteiger partial charge in [0.1, 0.15) is 0 Å². The van der Waals surface area contributed by atoms with Crippen LogP contribution in [-0.4, -0.2) is 86.2 Å². The van der Waals surface area contributed by atoms with Gasteiger partial charge in [-0.25, -0.2) is 0 Å². The van der Waals surface area contributed by atoms with Crippen molar-refractivity contribution in [2.24, 2.45) is 0 Å². The van der Waals surface area contributed by atoms with Gasteiger partial charge in [0.15, 0.2) is 0 Å². The zero-order valence-corrected chi connectivity index (χ0v) is 11.8. The SMILES string of the molecule is CN1CCN([C@H]2CCC[C@H]2N2CCNCC2)CC1. The molecule has 0 amide bonds. The molecule has 3 rings (SSSR count). The van der Waals surface area contributed by atoms with E-state index < -0.39 is 0 Å². The zero-order chi connectivity index (χ0) is 12.4. The van der Waals surface area contributed by atoms with Crippen LogP contribution in [0.4, 0.5) is 0 Å². The summed E-state index contributed by atoms with van der Waals surface area (Å²) in [5.74, 6) is 0. The second kappa shape index (κ2) is 5.87. The van der Waals surface area contributed by atoms with Gasteiger partial charge in [-0.2, -0.15) is 0 Å². The van der Waals surface area contributed by atoms with E-state index in [4.69, 9.17) is 0 Å². The third kappa shape index (κ3) is 2.72. The molecule has 4 nitrogen and oxygen atoms in total. The highest BCUT2D eigenvalue weighted by atomic mass is 15.3. The van der Waals surface area contributed by atoms with Gasteiger partial charge in [0, 0.05) is 64.4 Å². The standard InChI is InChI=1S/C14H28N4/c1-16-9-11-18(12-10-16)14-4-2-3-13(14)17-7-5-15-6-8-17/h13-15H,2-12H2,1H3/t13-,14+/m1/s1. The van der Waals surface area contributed by atoms with Crippen LogP contribution in [0.2, 0.25) is 0 Å². The average Bonchev–Trinajstić information content (AvgIpc) is 2.90. The van der Waals surface area contributed by atoms with E-state index in [0.29, 0.717) is 0 Å². The van der Waals surface area contributed by atoms with Crippen molar-refractivity contribution < 1.29 is 0 Å². The van der Waals surface area contributed by atoms with Crippen LogP contribution in [0.25, 0.3) is 0 Å². The minimum atomic E-state index is 0.843. The van der Waals surface area contributed by atoms with Gasteiger partial charge in [0.25, 0.3) is 0 Å². The maximum Gasteiger partial charge on any atom is 0.0252 e. The first-order valence-electron chi connectivity index (χ1n) is 7.72. The molecule has 3 fully saturated rings. The quantitative estimate of drug-likeness (QED) is 0.750. The van der Waals surface area contributed by atoms with Crippen LogP contribution in [0.15, 0.2) is 0 Å². The Hall–Kier alpha value is -0.160. The molecular weight excluding hydrogens is 224 g/mol. The van der Waals surface area contributed by atoms with Crippen molar-refractivity contribution in [3.63, 3.8) is 0 Å². The molecule has 0 unspecified atom stereocenters. The molecule has 18 heavy (non-hydrogen) atoms. The number of rotatable bonds is 2. The minimum Gasteiger partial charge on any atom is -0.314 e. The molecule has 0 aromatic carbocycles. The number of nitrogens with one attached hydrogen (secondary N) is 1. The maximum absolute atomic E-state index is 3.48. The molecule has 1 saturated carbocycles. The first kappa shape index (κ1) is 12.9. The summed E-state index contributed by atoms with van der Waals surface area (Å²) in [6.45, 7) is 9.96. The molecule has 2 atom stereocenters. The summed E-state index contributed by atoms with van der Waals surface area (Å²) >= 11 is 0. The average molecular weight is 252 g/mol. The predicted octanol–water partition coefficient (Wildman–Crippen LogP) is 0.0601. The van der Waals surface area contributed by atoms with Gasteiger partial charge in [0.2, 0.25) is 0 Å². The lowest BCUT2D eigenvalue weighted by Gasteiger charge is -2.43. The summed E-state index contributed by atoms with van der Waals surface area (Å²) in [6.07, 6.45) is 4.29. The third-order valence-corrected chi connectivity index (χ3v) is 5.07. The van der Waals surface area contributed by atoms with E-state index in [1.165, 1.54) is 71.6 Å². The predicted molar refractivity (Wildman–Crippen MR) is 74.9 cm³/mol. The highest BCUT2D eigenvalue weighted by Gasteiger charge is 2.36. The van der Waals surface area contributed by atoms with Crippen LogP contribution in [0.1, 0.15) is 19.3 Å². The minimum absolute atomic E-state index is 0.843. The molecule has 0 aromatic heterocycles. The van der Waals surface area contributed by atoms with Crippen molar-refractivity contribution in [3.8, 4) is 0 Å². The van der Waals surface area contributed by atoms with Crippen molar-refractivity contribution in [1.29, 1.82) is 0 Å². The summed E-state index contributed by atoms with van der Waals surface area (Å²) in [6, 6.07) is 1.69. The maximum atomic E-state index is 3.48. The fourth-order valence-electron chi connectivity index (χ4n) is 3.94. The van der Waals surface area contributed by atoms with E-state index in [0.717, 1.165) is 12.1 Å². The molecule has 0 aromatic rings. The summed E-state index contributed by atoms with van der Waals surface area (Å²) in [5, 5.41) is 3.48. The Kier molecular flexibility index (Phi) is 4.19. The van der Waals surface area contributed by atoms with Crippen molar-refractivity contribution in [2.45, 2.75) is 31.3 Å². The van der Waals surface area contributed by atoms with Gasteiger partial charge < -0.3 is 10.2 Å². The lowest BCUT2D eigenvalue weighted by atomic mass is 10.1. The molecular formula is C14H28N4. The first-order valence-corrected chi connectivity index (χ1v) is 7.72. The molecule has 0 radical (unpaired) electrons. The largest absolute Gasteiger partial charge is 0.314 e. The number of likely N-dealkylation sites (N-methyl/N-ethyl adjacent to an activating group) is 1. The number of piperazine rings is 2. The lowest BCUT2D eigenvalue weighted by molar-refractivity contribution is 0.0556. The van der Waals surface area contributed by atoms with Gasteiger partial charge in [-0.05, 0) is 19.9 Å². The van der Waals surface area contributed by atoms with Crippen molar-refractivity contribution in [1.82, 2.24) is 20.0 Å². The van der Waals surface area contributed by atoms with Crippen LogP contribution in [0.3, 0.4) is 0 Å². The topological polar surface area (TPSA) is 21.8 Å². The fraction of sp³-hybridized carbons (Fsp3) is 1.00. The highest BCUT2D eigenvalue weighted by molar-refractivity contribution is 4.94. The van der Waals surface area contributed by atoms with E-state index in [-0.39, 0.29) is 0 Å². The molecule has 2 saturated heterocycles. The van der Waals surface area contributed by atoms with Crippen molar-refractivity contribution >= 4 is 0 Å². The number of nitrogens with zero attached hydrogens (tertiary/aromatic N) is 3. The first-order chi connectivity index (χ1) is 8.84. The molecule has 2 aliphatic heterocycles. The Morgan fingerprint density at radius 3 is 1.94 bits per heavy atom. The van der Waals surface area contributed by atoms with Gasteiger partial charge in [0.05, 0.1) is 0 Å². The molecule has 0 bridgehead atoms. The van der Waals surface area contributed by atoms with Crippen molar-refractivity contribution in [3.05, 3.63) is 0 Å². The van der Waals surface area contributed by atoms with E-state index in [1.807, 2.05) is 0 Å². The van der Waals surface area contributed by atoms with Crippen LogP contribution in [-0.2, 0) is 0 Å². The highest BCUT2D eigenvalue weighted by Crippen LogP contribution is 2.29. The van der Waals surface area contributed by atoms with Crippen molar-refractivity contribution in [2.75, 3.05) is 59.4 Å². The van der Waals surface area contributed by atoms with Gasteiger partial charge in [-0.3, -0.25) is 9.80 Å². The monoisotopic (exact) mass is 252 g/mol. The molecule has 0 spiro atoms. The molecule has 104 valence electrons. The Balaban J connectivity index is 1.59. The summed E-state index contributed by atoms with van der Waals surface area (Å²) in [5.41, 5.74) is 0. The second-order valence-corrected chi connectivity index (χ2v) is 6.19. The Morgan fingerprint density at radius 2 is 1.33 bits per heavy atom. The summed E-state index contributed by atoms with van der Waals surface area (Å²) in [4.78, 5) is 8.00. The number of hydrogen-bond donors (Lipinski definition) is 1. The lowest BCUT2D eigenvalue weighted by Crippen LogP contribution is -2.57.